The number of unbranched alkanes of at least 4 members (excludes halogenated alkanes) is 1. The van der Waals surface area contributed by atoms with Gasteiger partial charge in [0, 0.05) is 12.6 Å². The van der Waals surface area contributed by atoms with Crippen LogP contribution in [-0.4, -0.2) is 23.2 Å². The number of imidazole rings is 1. The van der Waals surface area contributed by atoms with Crippen LogP contribution in [0.5, 0.6) is 5.75 Å². The molecule has 2 rings (SSSR count). The van der Waals surface area contributed by atoms with Gasteiger partial charge in [-0.05, 0) is 31.5 Å². The van der Waals surface area contributed by atoms with E-state index in [4.69, 9.17) is 10.5 Å². The Kier molecular flexibility index (Phi) is 3.41. The molecule has 0 aliphatic heterocycles. The molecule has 0 unspecified atom stereocenters. The van der Waals surface area contributed by atoms with Crippen LogP contribution in [0.1, 0.15) is 12.8 Å². The molecular formula is C12H17N3O. The van der Waals surface area contributed by atoms with E-state index in [0.29, 0.717) is 0 Å². The third-order valence-electron chi connectivity index (χ3n) is 2.68. The van der Waals surface area contributed by atoms with Crippen molar-refractivity contribution in [1.82, 2.24) is 9.55 Å². The van der Waals surface area contributed by atoms with E-state index in [9.17, 15) is 0 Å². The fourth-order valence-electron chi connectivity index (χ4n) is 1.78. The first-order chi connectivity index (χ1) is 7.85. The van der Waals surface area contributed by atoms with Gasteiger partial charge < -0.3 is 15.0 Å². The van der Waals surface area contributed by atoms with Gasteiger partial charge >= 0.3 is 0 Å². The van der Waals surface area contributed by atoms with Gasteiger partial charge in [0.15, 0.2) is 0 Å². The van der Waals surface area contributed by atoms with Gasteiger partial charge in [-0.15, -0.1) is 0 Å². The molecule has 4 heteroatoms. The van der Waals surface area contributed by atoms with E-state index in [-0.39, 0.29) is 0 Å². The highest BCUT2D eigenvalue weighted by atomic mass is 16.5. The smallest absolute Gasteiger partial charge is 0.121 e. The van der Waals surface area contributed by atoms with Crippen LogP contribution in [0.4, 0.5) is 0 Å². The second kappa shape index (κ2) is 4.99. The van der Waals surface area contributed by atoms with Gasteiger partial charge in [-0.2, -0.15) is 0 Å². The lowest BCUT2D eigenvalue weighted by atomic mass is 10.2. The van der Waals surface area contributed by atoms with E-state index in [0.717, 1.165) is 42.7 Å². The molecule has 86 valence electrons. The highest BCUT2D eigenvalue weighted by molar-refractivity contribution is 5.76. The lowest BCUT2D eigenvalue weighted by Crippen LogP contribution is -2.02. The van der Waals surface area contributed by atoms with E-state index >= 15 is 0 Å². The molecule has 0 amide bonds. The molecule has 2 N–H and O–H groups in total. The molecule has 0 radical (unpaired) electrons. The van der Waals surface area contributed by atoms with Crippen molar-refractivity contribution in [3.05, 3.63) is 24.5 Å². The Bertz CT molecular complexity index is 464. The molecule has 1 aromatic heterocycles. The second-order valence-corrected chi connectivity index (χ2v) is 3.79. The normalized spacial score (nSPS) is 10.9. The molecule has 2 aromatic rings. The molecule has 4 nitrogen and oxygen atoms in total. The number of ether oxygens (including phenoxy) is 1. The summed E-state index contributed by atoms with van der Waals surface area (Å²) < 4.78 is 7.32. The predicted molar refractivity (Wildman–Crippen MR) is 64.6 cm³/mol. The van der Waals surface area contributed by atoms with Crippen LogP contribution in [0, 0.1) is 0 Å². The first-order valence-electron chi connectivity index (χ1n) is 5.54. The van der Waals surface area contributed by atoms with Gasteiger partial charge in [0.05, 0.1) is 24.5 Å². The summed E-state index contributed by atoms with van der Waals surface area (Å²) in [5.74, 6) is 0.847. The lowest BCUT2D eigenvalue weighted by molar-refractivity contribution is 0.415. The van der Waals surface area contributed by atoms with Crippen molar-refractivity contribution in [1.29, 1.82) is 0 Å². The Morgan fingerprint density at radius 1 is 1.38 bits per heavy atom. The van der Waals surface area contributed by atoms with Crippen molar-refractivity contribution in [2.24, 2.45) is 5.73 Å². The van der Waals surface area contributed by atoms with Crippen LogP contribution in [0.15, 0.2) is 24.5 Å². The molecular weight excluding hydrogens is 202 g/mol. The van der Waals surface area contributed by atoms with Crippen molar-refractivity contribution < 1.29 is 4.74 Å². The summed E-state index contributed by atoms with van der Waals surface area (Å²) in [5, 5.41) is 0. The van der Waals surface area contributed by atoms with Crippen molar-refractivity contribution in [2.45, 2.75) is 19.4 Å². The summed E-state index contributed by atoms with van der Waals surface area (Å²) in [5.41, 5.74) is 7.61. The minimum absolute atomic E-state index is 0.750. The van der Waals surface area contributed by atoms with E-state index in [1.165, 1.54) is 0 Å². The number of benzene rings is 1. The Labute approximate surface area is 95.0 Å². The van der Waals surface area contributed by atoms with Gasteiger partial charge in [0.1, 0.15) is 5.75 Å². The Morgan fingerprint density at radius 2 is 2.25 bits per heavy atom. The molecule has 0 saturated heterocycles. The van der Waals surface area contributed by atoms with Gasteiger partial charge in [0.25, 0.3) is 0 Å². The van der Waals surface area contributed by atoms with Crippen molar-refractivity contribution in [2.75, 3.05) is 13.7 Å². The van der Waals surface area contributed by atoms with Gasteiger partial charge in [-0.25, -0.2) is 4.98 Å². The third-order valence-corrected chi connectivity index (χ3v) is 2.68. The number of rotatable bonds is 5. The Balaban J connectivity index is 2.20. The maximum absolute atomic E-state index is 5.48. The van der Waals surface area contributed by atoms with Gasteiger partial charge in [-0.3, -0.25) is 0 Å². The van der Waals surface area contributed by atoms with Crippen LogP contribution >= 0.6 is 0 Å². The molecule has 0 atom stereocenters. The number of fused-ring (bicyclic) bond motifs is 1. The number of nitrogens with zero attached hydrogens (tertiary/aromatic N) is 2. The SMILES string of the molecule is COc1ccc2c(c1)ncn2CCCCN. The monoisotopic (exact) mass is 219 g/mol. The highest BCUT2D eigenvalue weighted by Crippen LogP contribution is 2.19. The molecule has 0 fully saturated rings. The predicted octanol–water partition coefficient (Wildman–Crippen LogP) is 1.78. The lowest BCUT2D eigenvalue weighted by Gasteiger charge is -2.04. The molecule has 16 heavy (non-hydrogen) atoms. The van der Waals surface area contributed by atoms with Crippen LogP contribution in [-0.2, 0) is 6.54 Å². The number of hydrogen-bond acceptors (Lipinski definition) is 3. The third kappa shape index (κ3) is 2.17. The van der Waals surface area contributed by atoms with Crippen molar-refractivity contribution in [3.63, 3.8) is 0 Å². The Hall–Kier alpha value is -1.55. The molecule has 1 aromatic carbocycles. The average molecular weight is 219 g/mol. The minimum Gasteiger partial charge on any atom is -0.497 e. The van der Waals surface area contributed by atoms with Gasteiger partial charge in [-0.1, -0.05) is 0 Å². The molecule has 0 bridgehead atoms. The minimum atomic E-state index is 0.750. The number of hydrogen-bond donors (Lipinski definition) is 1. The standard InChI is InChI=1S/C12H17N3O/c1-16-10-4-5-12-11(8-10)14-9-15(12)7-3-2-6-13/h4-5,8-9H,2-3,6-7,13H2,1H3. The van der Waals surface area contributed by atoms with Crippen molar-refractivity contribution >= 4 is 11.0 Å². The molecule has 0 aliphatic carbocycles. The summed E-state index contributed by atoms with van der Waals surface area (Å²) >= 11 is 0. The fourth-order valence-corrected chi connectivity index (χ4v) is 1.78. The Morgan fingerprint density at radius 3 is 3.00 bits per heavy atom. The van der Waals surface area contributed by atoms with Crippen LogP contribution in [0.3, 0.4) is 0 Å². The summed E-state index contributed by atoms with van der Waals surface area (Å²) in [6.45, 7) is 1.72. The van der Waals surface area contributed by atoms with Gasteiger partial charge in [0.2, 0.25) is 0 Å². The zero-order chi connectivity index (χ0) is 11.4. The summed E-state index contributed by atoms with van der Waals surface area (Å²) in [6.07, 6.45) is 4.02. The first kappa shape index (κ1) is 11.0. The quantitative estimate of drug-likeness (QED) is 0.780. The number of methoxy groups -OCH3 is 1. The van der Waals surface area contributed by atoms with E-state index in [2.05, 4.69) is 9.55 Å². The number of aryl methyl sites for hydroxylation is 1. The van der Waals surface area contributed by atoms with E-state index in [1.54, 1.807) is 7.11 Å². The maximum Gasteiger partial charge on any atom is 0.121 e. The number of aromatic nitrogens is 2. The molecule has 0 aliphatic rings. The van der Waals surface area contributed by atoms with E-state index < -0.39 is 0 Å². The largest absolute Gasteiger partial charge is 0.497 e. The fraction of sp³-hybridized carbons (Fsp3) is 0.417. The molecule has 1 heterocycles. The summed E-state index contributed by atoms with van der Waals surface area (Å²) in [6, 6.07) is 5.96. The summed E-state index contributed by atoms with van der Waals surface area (Å²) in [7, 11) is 1.67. The second-order valence-electron chi connectivity index (χ2n) is 3.79. The zero-order valence-corrected chi connectivity index (χ0v) is 9.52. The highest BCUT2D eigenvalue weighted by Gasteiger charge is 2.03. The first-order valence-corrected chi connectivity index (χ1v) is 5.54. The van der Waals surface area contributed by atoms with Crippen LogP contribution in [0.2, 0.25) is 0 Å². The van der Waals surface area contributed by atoms with Crippen LogP contribution in [0.25, 0.3) is 11.0 Å². The average Bonchev–Trinajstić information content (AvgIpc) is 2.72. The van der Waals surface area contributed by atoms with E-state index in [1.807, 2.05) is 24.5 Å². The van der Waals surface area contributed by atoms with Crippen molar-refractivity contribution in [3.8, 4) is 5.75 Å². The zero-order valence-electron chi connectivity index (χ0n) is 9.52. The maximum atomic E-state index is 5.48. The topological polar surface area (TPSA) is 53.1 Å². The molecule has 0 spiro atoms. The number of nitrogens with two attached hydrogens (primary N) is 1. The summed E-state index contributed by atoms with van der Waals surface area (Å²) in [4.78, 5) is 4.36. The molecule has 0 saturated carbocycles. The van der Waals surface area contributed by atoms with Crippen LogP contribution < -0.4 is 10.5 Å².